The molecule has 0 atom stereocenters. The van der Waals surface area contributed by atoms with E-state index in [4.69, 9.17) is 16.3 Å². The van der Waals surface area contributed by atoms with Gasteiger partial charge in [-0.1, -0.05) is 35.9 Å². The second kappa shape index (κ2) is 8.00. The summed E-state index contributed by atoms with van der Waals surface area (Å²) in [4.78, 5) is 30.5. The van der Waals surface area contributed by atoms with Gasteiger partial charge >= 0.3 is 0 Å². The molecule has 0 saturated heterocycles. The van der Waals surface area contributed by atoms with E-state index in [0.717, 1.165) is 11.3 Å². The molecule has 6 nitrogen and oxygen atoms in total. The number of benzene rings is 2. The Hall–Kier alpha value is -2.90. The lowest BCUT2D eigenvalue weighted by molar-refractivity contribution is -0.121. The van der Waals surface area contributed by atoms with E-state index in [9.17, 15) is 9.59 Å². The number of anilines is 2. The van der Waals surface area contributed by atoms with Crippen LogP contribution in [0.5, 0.6) is 5.75 Å². The number of nitrogens with one attached hydrogen (secondary N) is 1. The lowest BCUT2D eigenvalue weighted by Crippen LogP contribution is -2.40. The molecule has 0 unspecified atom stereocenters. The van der Waals surface area contributed by atoms with Crippen molar-refractivity contribution in [2.45, 2.75) is 6.42 Å². The third-order valence-corrected chi connectivity index (χ3v) is 5.27. The van der Waals surface area contributed by atoms with Gasteiger partial charge < -0.3 is 15.0 Å². The first-order valence-electron chi connectivity index (χ1n) is 8.64. The molecule has 1 aliphatic rings. The quantitative estimate of drug-likeness (QED) is 0.679. The molecular weight excluding hydrogens is 398 g/mol. The van der Waals surface area contributed by atoms with Crippen LogP contribution in [0.25, 0.3) is 11.3 Å². The maximum absolute atomic E-state index is 12.3. The molecule has 0 radical (unpaired) electrons. The summed E-state index contributed by atoms with van der Waals surface area (Å²) in [6, 6.07) is 14.7. The van der Waals surface area contributed by atoms with Crippen molar-refractivity contribution in [2.24, 2.45) is 0 Å². The zero-order chi connectivity index (χ0) is 19.5. The number of carbonyl (C=O) groups excluding carboxylic acids is 2. The first-order valence-corrected chi connectivity index (χ1v) is 9.89. The molecule has 0 fully saturated rings. The van der Waals surface area contributed by atoms with Gasteiger partial charge in [-0.15, -0.1) is 11.3 Å². The van der Waals surface area contributed by atoms with Crippen LogP contribution in [-0.2, 0) is 9.59 Å². The Kier molecular flexibility index (Phi) is 5.27. The monoisotopic (exact) mass is 413 g/mol. The number of hydrogen-bond donors (Lipinski definition) is 1. The molecule has 0 aliphatic carbocycles. The SMILES string of the molecule is O=C(CCN1C(=O)COc2ccccc21)Nc1nc(-c2ccc(Cl)cc2)cs1. The van der Waals surface area contributed by atoms with Crippen molar-refractivity contribution in [3.63, 3.8) is 0 Å². The minimum Gasteiger partial charge on any atom is -0.482 e. The molecule has 28 heavy (non-hydrogen) atoms. The molecule has 2 aromatic carbocycles. The van der Waals surface area contributed by atoms with Gasteiger partial charge in [-0.3, -0.25) is 9.59 Å². The average molecular weight is 414 g/mol. The van der Waals surface area contributed by atoms with Gasteiger partial charge in [0.05, 0.1) is 11.4 Å². The van der Waals surface area contributed by atoms with Crippen molar-refractivity contribution in [1.82, 2.24) is 4.98 Å². The minimum atomic E-state index is -0.200. The van der Waals surface area contributed by atoms with Crippen molar-refractivity contribution < 1.29 is 14.3 Å². The number of fused-ring (bicyclic) bond motifs is 1. The molecule has 1 aliphatic heterocycles. The summed E-state index contributed by atoms with van der Waals surface area (Å²) in [6.45, 7) is 0.260. The highest BCUT2D eigenvalue weighted by Gasteiger charge is 2.25. The van der Waals surface area contributed by atoms with Crippen molar-refractivity contribution in [3.8, 4) is 17.0 Å². The number of ether oxygens (including phenoxy) is 1. The van der Waals surface area contributed by atoms with Crippen LogP contribution in [-0.4, -0.2) is 29.9 Å². The summed E-state index contributed by atoms with van der Waals surface area (Å²) in [5.41, 5.74) is 2.39. The van der Waals surface area contributed by atoms with Crippen LogP contribution in [0.1, 0.15) is 6.42 Å². The molecule has 0 spiro atoms. The Labute approximate surface area is 170 Å². The van der Waals surface area contributed by atoms with E-state index in [1.807, 2.05) is 41.8 Å². The zero-order valence-electron chi connectivity index (χ0n) is 14.7. The van der Waals surface area contributed by atoms with Crippen LogP contribution < -0.4 is 15.0 Å². The maximum Gasteiger partial charge on any atom is 0.265 e. The number of aromatic nitrogens is 1. The van der Waals surface area contributed by atoms with Gasteiger partial charge in [0.15, 0.2) is 11.7 Å². The first kappa shape index (κ1) is 18.5. The highest BCUT2D eigenvalue weighted by molar-refractivity contribution is 7.14. The van der Waals surface area contributed by atoms with E-state index in [1.165, 1.54) is 11.3 Å². The predicted octanol–water partition coefficient (Wildman–Crippen LogP) is 4.22. The van der Waals surface area contributed by atoms with Crippen LogP contribution in [0.4, 0.5) is 10.8 Å². The Bertz CT molecular complexity index is 1020. The van der Waals surface area contributed by atoms with Gasteiger partial charge in [0.2, 0.25) is 5.91 Å². The summed E-state index contributed by atoms with van der Waals surface area (Å²) in [5, 5.41) is 5.85. The molecule has 1 N–H and O–H groups in total. The molecule has 0 saturated carbocycles. The Morgan fingerprint density at radius 2 is 2.00 bits per heavy atom. The standard InChI is InChI=1S/C20H16ClN3O3S/c21-14-7-5-13(6-8-14)15-12-28-20(22-15)23-18(25)9-10-24-16-3-1-2-4-17(16)27-11-19(24)26/h1-8,12H,9-11H2,(H,22,23,25). The summed E-state index contributed by atoms with van der Waals surface area (Å²) < 4.78 is 5.41. The number of halogens is 1. The van der Waals surface area contributed by atoms with Crippen molar-refractivity contribution in [3.05, 3.63) is 58.9 Å². The van der Waals surface area contributed by atoms with Gasteiger partial charge in [-0.05, 0) is 24.3 Å². The molecule has 4 rings (SSSR count). The number of thiazole rings is 1. The van der Waals surface area contributed by atoms with Crippen LogP contribution in [0.2, 0.25) is 5.02 Å². The number of rotatable bonds is 5. The Balaban J connectivity index is 1.38. The summed E-state index contributed by atoms with van der Waals surface area (Å²) in [5.74, 6) is 0.287. The molecule has 1 aromatic heterocycles. The number of amides is 2. The largest absolute Gasteiger partial charge is 0.482 e. The molecule has 0 bridgehead atoms. The van der Waals surface area contributed by atoms with E-state index in [1.54, 1.807) is 17.0 Å². The number of para-hydroxylation sites is 2. The third kappa shape index (κ3) is 4.00. The highest BCUT2D eigenvalue weighted by Crippen LogP contribution is 2.31. The predicted molar refractivity (Wildman–Crippen MR) is 110 cm³/mol. The number of hydrogen-bond acceptors (Lipinski definition) is 5. The van der Waals surface area contributed by atoms with Crippen LogP contribution in [0, 0.1) is 0 Å². The third-order valence-electron chi connectivity index (χ3n) is 4.26. The van der Waals surface area contributed by atoms with Crippen LogP contribution in [0.15, 0.2) is 53.9 Å². The maximum atomic E-state index is 12.3. The van der Waals surface area contributed by atoms with Crippen molar-refractivity contribution >= 4 is 45.6 Å². The van der Waals surface area contributed by atoms with Crippen LogP contribution >= 0.6 is 22.9 Å². The van der Waals surface area contributed by atoms with Crippen molar-refractivity contribution in [2.75, 3.05) is 23.4 Å². The van der Waals surface area contributed by atoms with Gasteiger partial charge in [0.1, 0.15) is 5.75 Å². The summed E-state index contributed by atoms with van der Waals surface area (Å²) in [7, 11) is 0. The number of carbonyl (C=O) groups is 2. The van der Waals surface area contributed by atoms with E-state index in [0.29, 0.717) is 21.6 Å². The van der Waals surface area contributed by atoms with Crippen LogP contribution in [0.3, 0.4) is 0 Å². The highest BCUT2D eigenvalue weighted by atomic mass is 35.5. The van der Waals surface area contributed by atoms with E-state index >= 15 is 0 Å². The second-order valence-electron chi connectivity index (χ2n) is 6.14. The van der Waals surface area contributed by atoms with Gasteiger partial charge in [-0.2, -0.15) is 0 Å². The second-order valence-corrected chi connectivity index (χ2v) is 7.44. The first-order chi connectivity index (χ1) is 13.6. The molecule has 2 amide bonds. The normalized spacial score (nSPS) is 13.0. The fraction of sp³-hybridized carbons (Fsp3) is 0.150. The van der Waals surface area contributed by atoms with Crippen molar-refractivity contribution in [1.29, 1.82) is 0 Å². The molecule has 2 heterocycles. The zero-order valence-corrected chi connectivity index (χ0v) is 16.3. The summed E-state index contributed by atoms with van der Waals surface area (Å²) in [6.07, 6.45) is 0.163. The fourth-order valence-electron chi connectivity index (χ4n) is 2.88. The van der Waals surface area contributed by atoms with E-state index in [-0.39, 0.29) is 31.4 Å². The summed E-state index contributed by atoms with van der Waals surface area (Å²) >= 11 is 7.25. The topological polar surface area (TPSA) is 71.5 Å². The molecular formula is C20H16ClN3O3S. The molecule has 8 heteroatoms. The van der Waals surface area contributed by atoms with Gasteiger partial charge in [0.25, 0.3) is 5.91 Å². The number of nitrogens with zero attached hydrogens (tertiary/aromatic N) is 2. The average Bonchev–Trinajstić information content (AvgIpc) is 3.16. The smallest absolute Gasteiger partial charge is 0.265 e. The Morgan fingerprint density at radius 1 is 1.21 bits per heavy atom. The lowest BCUT2D eigenvalue weighted by Gasteiger charge is -2.29. The molecule has 142 valence electrons. The van der Waals surface area contributed by atoms with E-state index < -0.39 is 0 Å². The van der Waals surface area contributed by atoms with Gasteiger partial charge in [0, 0.05) is 28.9 Å². The van der Waals surface area contributed by atoms with Gasteiger partial charge in [-0.25, -0.2) is 4.98 Å². The molecule has 3 aromatic rings. The lowest BCUT2D eigenvalue weighted by atomic mass is 10.2. The van der Waals surface area contributed by atoms with E-state index in [2.05, 4.69) is 10.3 Å². The minimum absolute atomic E-state index is 0.0183. The Morgan fingerprint density at radius 3 is 2.82 bits per heavy atom. The fourth-order valence-corrected chi connectivity index (χ4v) is 3.74.